The van der Waals surface area contributed by atoms with Gasteiger partial charge in [-0.05, 0) is 51.8 Å². The van der Waals surface area contributed by atoms with Crippen molar-refractivity contribution >= 4 is 41.8 Å². The Morgan fingerprint density at radius 3 is 2.62 bits per heavy atom. The molecule has 7 nitrogen and oxygen atoms in total. The lowest BCUT2D eigenvalue weighted by molar-refractivity contribution is 0.0689. The highest BCUT2D eigenvalue weighted by molar-refractivity contribution is 6.05. The predicted octanol–water partition coefficient (Wildman–Crippen LogP) is 1.88. The molecule has 0 aliphatic carbocycles. The maximum Gasteiger partial charge on any atom is 0.274 e. The zero-order valence-electron chi connectivity index (χ0n) is 15.4. The van der Waals surface area contributed by atoms with E-state index in [2.05, 4.69) is 15.4 Å². The summed E-state index contributed by atoms with van der Waals surface area (Å²) in [6, 6.07) is 1.73. The van der Waals surface area contributed by atoms with Gasteiger partial charge in [0, 0.05) is 25.8 Å². The minimum absolute atomic E-state index is 0. The monoisotopic (exact) mass is 403 g/mol. The highest BCUT2D eigenvalue weighted by atomic mass is 35.5. The number of H-pyrrole nitrogens is 1. The fraction of sp³-hybridized carbons (Fsp3) is 0.588. The van der Waals surface area contributed by atoms with Crippen molar-refractivity contribution < 1.29 is 4.79 Å². The first-order valence-corrected chi connectivity index (χ1v) is 8.51. The van der Waals surface area contributed by atoms with Crippen LogP contribution in [0, 0.1) is 12.8 Å². The number of halogens is 2. The first-order valence-electron chi connectivity index (χ1n) is 8.51. The van der Waals surface area contributed by atoms with Crippen molar-refractivity contribution in [2.45, 2.75) is 26.2 Å². The van der Waals surface area contributed by atoms with Crippen LogP contribution in [-0.4, -0.2) is 52.3 Å². The van der Waals surface area contributed by atoms with Crippen molar-refractivity contribution in [3.63, 3.8) is 0 Å². The van der Waals surface area contributed by atoms with Crippen molar-refractivity contribution in [1.82, 2.24) is 25.0 Å². The minimum atomic E-state index is -0.257. The summed E-state index contributed by atoms with van der Waals surface area (Å²) >= 11 is 0. The van der Waals surface area contributed by atoms with Crippen LogP contribution in [0.4, 0.5) is 0 Å². The number of hydrogen-bond donors (Lipinski definition) is 2. The lowest BCUT2D eigenvalue weighted by Gasteiger charge is -2.32. The number of nitrogens with zero attached hydrogens (tertiary/aromatic N) is 3. The Morgan fingerprint density at radius 1 is 1.35 bits per heavy atom. The van der Waals surface area contributed by atoms with Crippen LogP contribution >= 0.6 is 24.8 Å². The van der Waals surface area contributed by atoms with Crippen LogP contribution in [-0.2, 0) is 7.05 Å². The first kappa shape index (κ1) is 22.5. The maximum atomic E-state index is 13.0. The van der Waals surface area contributed by atoms with E-state index in [4.69, 9.17) is 0 Å². The Bertz CT molecular complexity index is 809. The van der Waals surface area contributed by atoms with E-state index in [9.17, 15) is 9.59 Å². The number of fused-ring (bicyclic) bond motifs is 1. The van der Waals surface area contributed by atoms with Gasteiger partial charge in [-0.3, -0.25) is 19.4 Å². The van der Waals surface area contributed by atoms with Gasteiger partial charge in [-0.2, -0.15) is 0 Å². The Labute approximate surface area is 165 Å². The molecule has 1 saturated heterocycles. The van der Waals surface area contributed by atoms with Crippen LogP contribution in [0.3, 0.4) is 0 Å². The Kier molecular flexibility index (Phi) is 8.12. The first-order chi connectivity index (χ1) is 11.5. The van der Waals surface area contributed by atoms with Crippen LogP contribution in [0.15, 0.2) is 10.9 Å². The molecule has 1 aliphatic heterocycles. The van der Waals surface area contributed by atoms with Crippen LogP contribution in [0.2, 0.25) is 0 Å². The van der Waals surface area contributed by atoms with Gasteiger partial charge in [0.2, 0.25) is 0 Å². The number of rotatable bonds is 4. The summed E-state index contributed by atoms with van der Waals surface area (Å²) in [4.78, 5) is 31.4. The van der Waals surface area contributed by atoms with E-state index in [-0.39, 0.29) is 36.3 Å². The molecule has 0 radical (unpaired) electrons. The van der Waals surface area contributed by atoms with E-state index in [0.717, 1.165) is 44.6 Å². The van der Waals surface area contributed by atoms with Gasteiger partial charge in [-0.25, -0.2) is 4.98 Å². The predicted molar refractivity (Wildman–Crippen MR) is 108 cm³/mol. The molecule has 146 valence electrons. The summed E-state index contributed by atoms with van der Waals surface area (Å²) in [7, 11) is 3.70. The van der Waals surface area contributed by atoms with E-state index >= 15 is 0 Å². The zero-order valence-corrected chi connectivity index (χ0v) is 17.0. The number of carbonyl (C=O) groups is 1. The lowest BCUT2D eigenvalue weighted by Crippen LogP contribution is -2.39. The fourth-order valence-electron chi connectivity index (χ4n) is 3.50. The smallest absolute Gasteiger partial charge is 0.274 e. The minimum Gasteiger partial charge on any atom is -0.339 e. The molecular formula is C17H27Cl2N5O2. The molecule has 3 heterocycles. The second-order valence-corrected chi connectivity index (χ2v) is 6.64. The summed E-state index contributed by atoms with van der Waals surface area (Å²) < 4.78 is 1.57. The number of likely N-dealkylation sites (tertiary alicyclic amines) is 1. The number of carbonyl (C=O) groups excluding carboxylic acids is 1. The number of aromatic nitrogens is 3. The van der Waals surface area contributed by atoms with Crippen molar-refractivity contribution in [2.24, 2.45) is 13.0 Å². The van der Waals surface area contributed by atoms with Crippen LogP contribution < -0.4 is 10.9 Å². The molecule has 1 fully saturated rings. The molecule has 0 atom stereocenters. The van der Waals surface area contributed by atoms with Gasteiger partial charge in [0.15, 0.2) is 5.65 Å². The highest BCUT2D eigenvalue weighted by Gasteiger charge is 2.26. The number of hydrogen-bond acceptors (Lipinski definition) is 4. The largest absolute Gasteiger partial charge is 0.339 e. The number of amides is 1. The molecular weight excluding hydrogens is 377 g/mol. The van der Waals surface area contributed by atoms with Crippen LogP contribution in [0.25, 0.3) is 11.0 Å². The molecule has 0 unspecified atom stereocenters. The average molecular weight is 404 g/mol. The third-order valence-electron chi connectivity index (χ3n) is 4.88. The van der Waals surface area contributed by atoms with Gasteiger partial charge in [-0.1, -0.05) is 0 Å². The lowest BCUT2D eigenvalue weighted by atomic mass is 9.93. The molecule has 9 heteroatoms. The zero-order chi connectivity index (χ0) is 17.3. The van der Waals surface area contributed by atoms with Gasteiger partial charge in [0.05, 0.1) is 10.9 Å². The normalized spacial score (nSPS) is 14.8. The van der Waals surface area contributed by atoms with Crippen molar-refractivity contribution in [3.05, 3.63) is 27.7 Å². The molecule has 1 amide bonds. The molecule has 0 aromatic carbocycles. The number of aromatic amines is 1. The van der Waals surface area contributed by atoms with Gasteiger partial charge in [0.1, 0.15) is 0 Å². The fourth-order valence-corrected chi connectivity index (χ4v) is 3.50. The van der Waals surface area contributed by atoms with E-state index in [1.165, 1.54) is 0 Å². The molecule has 3 rings (SSSR count). The highest BCUT2D eigenvalue weighted by Crippen LogP contribution is 2.23. The molecule has 2 aromatic heterocycles. The standard InChI is InChI=1S/C17H25N5O2.2ClH/c1-11-10-13(14-15(19-11)21(3)20-16(14)23)17(24)22-8-5-12(6-9-22)4-7-18-2;;/h10,12,18H,4-9H2,1-3H3,(H,20,23);2*1H. The molecule has 0 saturated carbocycles. The van der Waals surface area contributed by atoms with Gasteiger partial charge >= 0.3 is 0 Å². The second-order valence-electron chi connectivity index (χ2n) is 6.64. The maximum absolute atomic E-state index is 13.0. The second kappa shape index (κ2) is 9.39. The van der Waals surface area contributed by atoms with E-state index in [0.29, 0.717) is 22.5 Å². The summed E-state index contributed by atoms with van der Waals surface area (Å²) in [5.41, 5.74) is 1.48. The summed E-state index contributed by atoms with van der Waals surface area (Å²) in [5, 5.41) is 6.27. The summed E-state index contributed by atoms with van der Waals surface area (Å²) in [5.74, 6) is 0.607. The number of pyridine rings is 1. The van der Waals surface area contributed by atoms with Crippen LogP contribution in [0.5, 0.6) is 0 Å². The van der Waals surface area contributed by atoms with Crippen molar-refractivity contribution in [1.29, 1.82) is 0 Å². The topological polar surface area (TPSA) is 83.0 Å². The Hall–Kier alpha value is -1.57. The van der Waals surface area contributed by atoms with Gasteiger partial charge in [-0.15, -0.1) is 24.8 Å². The van der Waals surface area contributed by atoms with Gasteiger partial charge in [0.25, 0.3) is 11.5 Å². The third kappa shape index (κ3) is 4.39. The SMILES string of the molecule is CNCCC1CCN(C(=O)c2cc(C)nc3c2c(=O)[nH]n3C)CC1.Cl.Cl. The van der Waals surface area contributed by atoms with E-state index in [1.807, 2.05) is 18.9 Å². The quantitative estimate of drug-likeness (QED) is 0.815. The van der Waals surface area contributed by atoms with Crippen molar-refractivity contribution in [3.8, 4) is 0 Å². The number of nitrogens with one attached hydrogen (secondary N) is 2. The van der Waals surface area contributed by atoms with E-state index < -0.39 is 0 Å². The van der Waals surface area contributed by atoms with E-state index in [1.54, 1.807) is 17.8 Å². The van der Waals surface area contributed by atoms with Gasteiger partial charge < -0.3 is 10.2 Å². The van der Waals surface area contributed by atoms with Crippen molar-refractivity contribution in [2.75, 3.05) is 26.7 Å². The molecule has 0 spiro atoms. The molecule has 1 aliphatic rings. The number of piperidine rings is 1. The Balaban J connectivity index is 0.00000169. The summed E-state index contributed by atoms with van der Waals surface area (Å²) in [6.45, 7) is 4.36. The molecule has 0 bridgehead atoms. The average Bonchev–Trinajstić information content (AvgIpc) is 2.86. The summed E-state index contributed by atoms with van der Waals surface area (Å²) in [6.07, 6.45) is 3.19. The molecule has 2 aromatic rings. The molecule has 26 heavy (non-hydrogen) atoms. The van der Waals surface area contributed by atoms with Crippen LogP contribution in [0.1, 0.15) is 35.3 Å². The molecule has 2 N–H and O–H groups in total. The Morgan fingerprint density at radius 2 is 2.00 bits per heavy atom. The number of aryl methyl sites for hydroxylation is 2. The third-order valence-corrected chi connectivity index (χ3v) is 4.88.